The van der Waals surface area contributed by atoms with E-state index in [-0.39, 0.29) is 0 Å². The molecule has 1 aliphatic heterocycles. The number of rotatable bonds is 5. The van der Waals surface area contributed by atoms with E-state index in [0.717, 1.165) is 32.1 Å². The van der Waals surface area contributed by atoms with E-state index in [4.69, 9.17) is 9.47 Å². The summed E-state index contributed by atoms with van der Waals surface area (Å²) in [5, 5.41) is 0. The molecular weight excluding hydrogens is 238 g/mol. The molecule has 0 bridgehead atoms. The van der Waals surface area contributed by atoms with Crippen molar-refractivity contribution >= 4 is 0 Å². The van der Waals surface area contributed by atoms with Crippen LogP contribution >= 0.6 is 0 Å². The molecule has 0 unspecified atom stereocenters. The van der Waals surface area contributed by atoms with E-state index >= 15 is 0 Å². The van der Waals surface area contributed by atoms with Gasteiger partial charge < -0.3 is 9.47 Å². The average molecular weight is 263 g/mol. The minimum atomic E-state index is 0.570. The zero-order valence-corrected chi connectivity index (χ0v) is 12.3. The number of nitrogens with zero attached hydrogens (tertiary/aromatic N) is 1. The zero-order valence-electron chi connectivity index (χ0n) is 12.3. The number of aryl methyl sites for hydroxylation is 1. The summed E-state index contributed by atoms with van der Waals surface area (Å²) >= 11 is 0. The SMILES string of the molecule is CCC[C@@H]1COCCN1Cc1ccc(OC)cc1C. The van der Waals surface area contributed by atoms with Crippen LogP contribution in [0.2, 0.25) is 0 Å². The van der Waals surface area contributed by atoms with E-state index in [2.05, 4.69) is 36.9 Å². The summed E-state index contributed by atoms with van der Waals surface area (Å²) < 4.78 is 10.9. The van der Waals surface area contributed by atoms with Crippen molar-refractivity contribution in [3.63, 3.8) is 0 Å². The predicted octanol–water partition coefficient (Wildman–Crippen LogP) is 3.00. The van der Waals surface area contributed by atoms with Crippen LogP contribution in [-0.2, 0) is 11.3 Å². The molecule has 106 valence electrons. The molecule has 1 fully saturated rings. The summed E-state index contributed by atoms with van der Waals surface area (Å²) in [6.45, 7) is 8.19. The van der Waals surface area contributed by atoms with Crippen LogP contribution in [0.3, 0.4) is 0 Å². The molecule has 1 heterocycles. The van der Waals surface area contributed by atoms with E-state index in [1.807, 2.05) is 0 Å². The molecule has 0 spiro atoms. The van der Waals surface area contributed by atoms with Crippen molar-refractivity contribution < 1.29 is 9.47 Å². The van der Waals surface area contributed by atoms with Gasteiger partial charge in [0.05, 0.1) is 20.3 Å². The van der Waals surface area contributed by atoms with Gasteiger partial charge in [-0.2, -0.15) is 0 Å². The first kappa shape index (κ1) is 14.4. The average Bonchev–Trinajstić information content (AvgIpc) is 2.43. The molecule has 1 atom stereocenters. The Labute approximate surface area is 116 Å². The van der Waals surface area contributed by atoms with Gasteiger partial charge in [0.1, 0.15) is 5.75 Å². The van der Waals surface area contributed by atoms with Gasteiger partial charge in [-0.3, -0.25) is 4.90 Å². The first-order valence-corrected chi connectivity index (χ1v) is 7.20. The highest BCUT2D eigenvalue weighted by Crippen LogP contribution is 2.21. The molecular formula is C16H25NO2. The van der Waals surface area contributed by atoms with Gasteiger partial charge in [0.25, 0.3) is 0 Å². The van der Waals surface area contributed by atoms with Gasteiger partial charge in [-0.25, -0.2) is 0 Å². The van der Waals surface area contributed by atoms with Crippen molar-refractivity contribution in [1.82, 2.24) is 4.90 Å². The molecule has 1 saturated heterocycles. The van der Waals surface area contributed by atoms with Crippen molar-refractivity contribution in [1.29, 1.82) is 0 Å². The molecule has 1 aromatic rings. The van der Waals surface area contributed by atoms with Gasteiger partial charge in [0, 0.05) is 19.1 Å². The van der Waals surface area contributed by atoms with Crippen molar-refractivity contribution in [3.8, 4) is 5.75 Å². The van der Waals surface area contributed by atoms with Crippen molar-refractivity contribution in [2.75, 3.05) is 26.9 Å². The third kappa shape index (κ3) is 3.71. The summed E-state index contributed by atoms with van der Waals surface area (Å²) in [5.41, 5.74) is 2.70. The van der Waals surface area contributed by atoms with Gasteiger partial charge in [-0.15, -0.1) is 0 Å². The monoisotopic (exact) mass is 263 g/mol. The molecule has 2 rings (SSSR count). The Bertz CT molecular complexity index is 404. The van der Waals surface area contributed by atoms with Gasteiger partial charge >= 0.3 is 0 Å². The Morgan fingerprint density at radius 1 is 1.42 bits per heavy atom. The molecule has 0 N–H and O–H groups in total. The molecule has 19 heavy (non-hydrogen) atoms. The van der Waals surface area contributed by atoms with Crippen LogP contribution in [0, 0.1) is 6.92 Å². The third-order valence-corrected chi connectivity index (χ3v) is 3.89. The Morgan fingerprint density at radius 2 is 2.26 bits per heavy atom. The summed E-state index contributed by atoms with van der Waals surface area (Å²) in [6, 6.07) is 6.93. The largest absolute Gasteiger partial charge is 0.497 e. The van der Waals surface area contributed by atoms with Crippen molar-refractivity contribution in [3.05, 3.63) is 29.3 Å². The Hall–Kier alpha value is -1.06. The minimum Gasteiger partial charge on any atom is -0.497 e. The first-order chi connectivity index (χ1) is 9.24. The number of hydrogen-bond acceptors (Lipinski definition) is 3. The maximum Gasteiger partial charge on any atom is 0.119 e. The molecule has 3 nitrogen and oxygen atoms in total. The zero-order chi connectivity index (χ0) is 13.7. The van der Waals surface area contributed by atoms with Crippen LogP contribution in [0.15, 0.2) is 18.2 Å². The summed E-state index contributed by atoms with van der Waals surface area (Å²) in [6.07, 6.45) is 2.43. The molecule has 1 aromatic carbocycles. The lowest BCUT2D eigenvalue weighted by atomic mass is 10.0. The fraction of sp³-hybridized carbons (Fsp3) is 0.625. The van der Waals surface area contributed by atoms with Crippen LogP contribution in [-0.4, -0.2) is 37.8 Å². The number of benzene rings is 1. The number of hydrogen-bond donors (Lipinski definition) is 0. The Morgan fingerprint density at radius 3 is 2.95 bits per heavy atom. The molecule has 0 aromatic heterocycles. The van der Waals surface area contributed by atoms with Crippen molar-refractivity contribution in [2.24, 2.45) is 0 Å². The van der Waals surface area contributed by atoms with Gasteiger partial charge in [0.2, 0.25) is 0 Å². The molecule has 0 aliphatic carbocycles. The van der Waals surface area contributed by atoms with Crippen molar-refractivity contribution in [2.45, 2.75) is 39.3 Å². The maximum atomic E-state index is 5.61. The number of ether oxygens (including phenoxy) is 2. The van der Waals surface area contributed by atoms with Gasteiger partial charge in [-0.05, 0) is 36.6 Å². The predicted molar refractivity (Wildman–Crippen MR) is 77.7 cm³/mol. The van der Waals surface area contributed by atoms with Gasteiger partial charge in [0.15, 0.2) is 0 Å². The smallest absolute Gasteiger partial charge is 0.119 e. The van der Waals surface area contributed by atoms with E-state index < -0.39 is 0 Å². The van der Waals surface area contributed by atoms with E-state index in [0.29, 0.717) is 6.04 Å². The molecule has 0 saturated carbocycles. The fourth-order valence-electron chi connectivity index (χ4n) is 2.69. The lowest BCUT2D eigenvalue weighted by Crippen LogP contribution is -2.44. The quantitative estimate of drug-likeness (QED) is 0.815. The van der Waals surface area contributed by atoms with Crippen LogP contribution in [0.4, 0.5) is 0 Å². The lowest BCUT2D eigenvalue weighted by molar-refractivity contribution is -0.0147. The maximum absolute atomic E-state index is 5.61. The summed E-state index contributed by atoms with van der Waals surface area (Å²) in [4.78, 5) is 2.56. The van der Waals surface area contributed by atoms with E-state index in [9.17, 15) is 0 Å². The first-order valence-electron chi connectivity index (χ1n) is 7.20. The minimum absolute atomic E-state index is 0.570. The normalized spacial score (nSPS) is 20.5. The molecule has 0 radical (unpaired) electrons. The van der Waals surface area contributed by atoms with Crippen LogP contribution in [0.1, 0.15) is 30.9 Å². The number of morpholine rings is 1. The van der Waals surface area contributed by atoms with E-state index in [1.54, 1.807) is 7.11 Å². The third-order valence-electron chi connectivity index (χ3n) is 3.89. The second kappa shape index (κ2) is 6.92. The van der Waals surface area contributed by atoms with Crippen LogP contribution in [0.5, 0.6) is 5.75 Å². The molecule has 1 aliphatic rings. The second-order valence-electron chi connectivity index (χ2n) is 5.28. The lowest BCUT2D eigenvalue weighted by Gasteiger charge is -2.35. The number of methoxy groups -OCH3 is 1. The second-order valence-corrected chi connectivity index (χ2v) is 5.28. The highest BCUT2D eigenvalue weighted by Gasteiger charge is 2.22. The Balaban J connectivity index is 2.06. The summed E-state index contributed by atoms with van der Waals surface area (Å²) in [5.74, 6) is 0.938. The molecule has 3 heteroatoms. The highest BCUT2D eigenvalue weighted by atomic mass is 16.5. The van der Waals surface area contributed by atoms with E-state index in [1.165, 1.54) is 24.0 Å². The standard InChI is InChI=1S/C16H25NO2/c1-4-5-15-12-19-9-8-17(15)11-14-6-7-16(18-3)10-13(14)2/h6-7,10,15H,4-5,8-9,11-12H2,1-3H3/t15-/m1/s1. The van der Waals surface area contributed by atoms with Gasteiger partial charge in [-0.1, -0.05) is 19.4 Å². The van der Waals surface area contributed by atoms with Crippen LogP contribution in [0.25, 0.3) is 0 Å². The highest BCUT2D eigenvalue weighted by molar-refractivity contribution is 5.34. The topological polar surface area (TPSA) is 21.7 Å². The fourth-order valence-corrected chi connectivity index (χ4v) is 2.69. The van der Waals surface area contributed by atoms with Crippen LogP contribution < -0.4 is 4.74 Å². The summed E-state index contributed by atoms with van der Waals surface area (Å²) in [7, 11) is 1.72. The Kier molecular flexibility index (Phi) is 5.23. The molecule has 0 amide bonds.